The molecule has 0 atom stereocenters. The van der Waals surface area contributed by atoms with Crippen LogP contribution in [0.1, 0.15) is 12.3 Å². The van der Waals surface area contributed by atoms with Gasteiger partial charge in [0, 0.05) is 35.9 Å². The Morgan fingerprint density at radius 2 is 2.17 bits per heavy atom. The maximum Gasteiger partial charge on any atom is 0.244 e. The Kier molecular flexibility index (Phi) is 6.84. The molecule has 0 unspecified atom stereocenters. The fourth-order valence-corrected chi connectivity index (χ4v) is 3.35. The van der Waals surface area contributed by atoms with Crippen molar-refractivity contribution >= 4 is 40.4 Å². The maximum atomic E-state index is 12.3. The average molecular weight is 435 g/mol. The van der Waals surface area contributed by atoms with Crippen LogP contribution in [0.25, 0.3) is 11.4 Å². The van der Waals surface area contributed by atoms with Crippen LogP contribution in [0.15, 0.2) is 39.5 Å². The molecule has 2 amide bonds. The number of nitrogens with zero attached hydrogens (tertiary/aromatic N) is 3. The van der Waals surface area contributed by atoms with Gasteiger partial charge in [-0.1, -0.05) is 16.8 Å². The number of likely N-dealkylation sites (N-methyl/N-ethyl adjacent to an activating group) is 1. The van der Waals surface area contributed by atoms with Crippen molar-refractivity contribution in [3.8, 4) is 17.1 Å². The van der Waals surface area contributed by atoms with Gasteiger partial charge in [-0.05, 0) is 29.6 Å². The van der Waals surface area contributed by atoms with Crippen molar-refractivity contribution in [2.45, 2.75) is 12.8 Å². The summed E-state index contributed by atoms with van der Waals surface area (Å²) in [5.41, 5.74) is 1.32. The van der Waals surface area contributed by atoms with Crippen LogP contribution in [0.3, 0.4) is 0 Å². The number of rotatable bonds is 8. The molecule has 0 saturated heterocycles. The van der Waals surface area contributed by atoms with E-state index in [9.17, 15) is 9.59 Å². The third kappa shape index (κ3) is 5.55. The van der Waals surface area contributed by atoms with Gasteiger partial charge in [-0.25, -0.2) is 0 Å². The lowest BCUT2D eigenvalue weighted by Gasteiger charge is -2.17. The minimum absolute atomic E-state index is 0.113. The number of aryl methyl sites for hydroxylation is 1. The monoisotopic (exact) mass is 434 g/mol. The highest BCUT2D eigenvalue weighted by molar-refractivity contribution is 7.08. The van der Waals surface area contributed by atoms with Crippen LogP contribution < -0.4 is 10.1 Å². The fourth-order valence-electron chi connectivity index (χ4n) is 2.54. The van der Waals surface area contributed by atoms with Gasteiger partial charge in [0.05, 0.1) is 19.3 Å². The zero-order valence-corrected chi connectivity index (χ0v) is 17.4. The number of hydrogen-bond acceptors (Lipinski definition) is 7. The highest BCUT2D eigenvalue weighted by atomic mass is 35.5. The number of nitrogens with one attached hydrogen (secondary N) is 1. The molecule has 3 aromatic rings. The van der Waals surface area contributed by atoms with E-state index >= 15 is 0 Å². The zero-order valence-electron chi connectivity index (χ0n) is 15.8. The molecule has 0 aliphatic rings. The third-order valence-electron chi connectivity index (χ3n) is 4.04. The summed E-state index contributed by atoms with van der Waals surface area (Å²) in [4.78, 5) is 30.2. The summed E-state index contributed by atoms with van der Waals surface area (Å²) in [5.74, 6) is 0.778. The van der Waals surface area contributed by atoms with Crippen LogP contribution in [-0.2, 0) is 16.0 Å². The molecule has 0 saturated carbocycles. The fraction of sp³-hybridized carbons (Fsp3) is 0.263. The van der Waals surface area contributed by atoms with Crippen molar-refractivity contribution in [1.29, 1.82) is 0 Å². The minimum atomic E-state index is -0.362. The van der Waals surface area contributed by atoms with E-state index in [2.05, 4.69) is 15.5 Å². The second-order valence-corrected chi connectivity index (χ2v) is 7.38. The van der Waals surface area contributed by atoms with Crippen LogP contribution in [0.2, 0.25) is 5.02 Å². The molecule has 3 rings (SSSR count). The van der Waals surface area contributed by atoms with E-state index in [1.165, 1.54) is 23.3 Å². The molecular formula is C19H19ClN4O4S. The van der Waals surface area contributed by atoms with Crippen molar-refractivity contribution in [3.63, 3.8) is 0 Å². The van der Waals surface area contributed by atoms with Crippen LogP contribution in [0.5, 0.6) is 5.75 Å². The Balaban J connectivity index is 1.50. The molecule has 1 N–H and O–H groups in total. The standard InChI is InChI=1S/C19H19ClN4O4S/c1-24(10-16(25)21-14-9-13(20)3-4-15(14)27-2)18(26)6-5-17-22-19(23-28-17)12-7-8-29-11-12/h3-4,7-9,11H,5-6,10H2,1-2H3,(H,21,25). The van der Waals surface area contributed by atoms with E-state index in [1.54, 1.807) is 25.2 Å². The maximum absolute atomic E-state index is 12.3. The molecule has 0 aliphatic heterocycles. The lowest BCUT2D eigenvalue weighted by Crippen LogP contribution is -2.35. The number of halogens is 1. The van der Waals surface area contributed by atoms with E-state index in [1.807, 2.05) is 16.8 Å². The Morgan fingerprint density at radius 1 is 1.34 bits per heavy atom. The van der Waals surface area contributed by atoms with Gasteiger partial charge in [0.25, 0.3) is 0 Å². The molecule has 29 heavy (non-hydrogen) atoms. The van der Waals surface area contributed by atoms with E-state index < -0.39 is 0 Å². The molecule has 0 spiro atoms. The van der Waals surface area contributed by atoms with Gasteiger partial charge in [0.15, 0.2) is 0 Å². The first-order valence-electron chi connectivity index (χ1n) is 8.68. The first-order valence-corrected chi connectivity index (χ1v) is 10.0. The number of amides is 2. The quantitative estimate of drug-likeness (QED) is 0.582. The normalized spacial score (nSPS) is 10.6. The molecular weight excluding hydrogens is 416 g/mol. The van der Waals surface area contributed by atoms with Crippen molar-refractivity contribution in [3.05, 3.63) is 45.9 Å². The Hall–Kier alpha value is -2.91. The predicted octanol–water partition coefficient (Wildman–Crippen LogP) is 3.49. The molecule has 0 aliphatic carbocycles. The topological polar surface area (TPSA) is 97.6 Å². The SMILES string of the molecule is COc1ccc(Cl)cc1NC(=O)CN(C)C(=O)CCc1nc(-c2ccsc2)no1. The molecule has 2 aromatic heterocycles. The average Bonchev–Trinajstić information content (AvgIpc) is 3.37. The van der Waals surface area contributed by atoms with E-state index in [0.717, 1.165) is 5.56 Å². The van der Waals surface area contributed by atoms with Crippen molar-refractivity contribution in [2.75, 3.05) is 26.0 Å². The number of ether oxygens (including phenoxy) is 1. The third-order valence-corrected chi connectivity index (χ3v) is 4.96. The smallest absolute Gasteiger partial charge is 0.244 e. The second-order valence-electron chi connectivity index (χ2n) is 6.17. The summed E-state index contributed by atoms with van der Waals surface area (Å²) >= 11 is 7.50. The summed E-state index contributed by atoms with van der Waals surface area (Å²) in [6, 6.07) is 6.79. The Bertz CT molecular complexity index is 990. The molecule has 2 heterocycles. The summed E-state index contributed by atoms with van der Waals surface area (Å²) in [5, 5.41) is 10.9. The van der Waals surface area contributed by atoms with E-state index in [0.29, 0.717) is 34.6 Å². The number of carbonyl (C=O) groups excluding carboxylic acids is 2. The zero-order chi connectivity index (χ0) is 20.8. The number of carbonyl (C=O) groups is 2. The van der Waals surface area contributed by atoms with E-state index in [4.69, 9.17) is 20.9 Å². The van der Waals surface area contributed by atoms with Crippen molar-refractivity contribution < 1.29 is 18.8 Å². The molecule has 0 fully saturated rings. The number of aromatic nitrogens is 2. The van der Waals surface area contributed by atoms with Crippen LogP contribution in [-0.4, -0.2) is 47.6 Å². The van der Waals surface area contributed by atoms with E-state index in [-0.39, 0.29) is 24.8 Å². The van der Waals surface area contributed by atoms with Gasteiger partial charge in [-0.3, -0.25) is 9.59 Å². The van der Waals surface area contributed by atoms with Gasteiger partial charge >= 0.3 is 0 Å². The molecule has 8 nitrogen and oxygen atoms in total. The molecule has 1 aromatic carbocycles. The second kappa shape index (κ2) is 9.53. The van der Waals surface area contributed by atoms with Gasteiger partial charge in [0.2, 0.25) is 23.5 Å². The van der Waals surface area contributed by atoms with Gasteiger partial charge in [-0.2, -0.15) is 16.3 Å². The summed E-state index contributed by atoms with van der Waals surface area (Å²) in [6.45, 7) is -0.113. The van der Waals surface area contributed by atoms with Gasteiger partial charge in [-0.15, -0.1) is 0 Å². The number of benzene rings is 1. The number of anilines is 1. The highest BCUT2D eigenvalue weighted by Gasteiger charge is 2.17. The number of methoxy groups -OCH3 is 1. The van der Waals surface area contributed by atoms with Crippen LogP contribution in [0, 0.1) is 0 Å². The Morgan fingerprint density at radius 3 is 2.90 bits per heavy atom. The first-order chi connectivity index (χ1) is 14.0. The predicted molar refractivity (Wildman–Crippen MR) is 110 cm³/mol. The first kappa shape index (κ1) is 20.8. The van der Waals surface area contributed by atoms with Crippen molar-refractivity contribution in [2.24, 2.45) is 0 Å². The van der Waals surface area contributed by atoms with Crippen LogP contribution in [0.4, 0.5) is 5.69 Å². The molecule has 0 bridgehead atoms. The summed E-state index contributed by atoms with van der Waals surface area (Å²) < 4.78 is 10.4. The molecule has 152 valence electrons. The Labute approximate surface area is 176 Å². The number of hydrogen-bond donors (Lipinski definition) is 1. The molecule has 10 heteroatoms. The largest absolute Gasteiger partial charge is 0.495 e. The lowest BCUT2D eigenvalue weighted by atomic mass is 10.2. The van der Waals surface area contributed by atoms with Crippen LogP contribution >= 0.6 is 22.9 Å². The molecule has 0 radical (unpaired) electrons. The van der Waals surface area contributed by atoms with Crippen molar-refractivity contribution in [1.82, 2.24) is 15.0 Å². The highest BCUT2D eigenvalue weighted by Crippen LogP contribution is 2.27. The van der Waals surface area contributed by atoms with Gasteiger partial charge in [0.1, 0.15) is 5.75 Å². The summed E-state index contributed by atoms with van der Waals surface area (Å²) in [7, 11) is 3.05. The lowest BCUT2D eigenvalue weighted by molar-refractivity contribution is -0.133. The summed E-state index contributed by atoms with van der Waals surface area (Å²) in [6.07, 6.45) is 0.444. The number of thiophene rings is 1. The van der Waals surface area contributed by atoms with Gasteiger partial charge < -0.3 is 19.5 Å². The minimum Gasteiger partial charge on any atom is -0.495 e.